The number of aryl methyl sites for hydroxylation is 1. The molecule has 0 fully saturated rings. The van der Waals surface area contributed by atoms with Gasteiger partial charge >= 0.3 is 0 Å². The highest BCUT2D eigenvalue weighted by molar-refractivity contribution is 5.53. The van der Waals surface area contributed by atoms with Crippen molar-refractivity contribution in [2.45, 2.75) is 26.9 Å². The number of para-hydroxylation sites is 2. The first-order valence-electron chi connectivity index (χ1n) is 7.21. The molecule has 2 aromatic rings. The van der Waals surface area contributed by atoms with E-state index in [1.807, 2.05) is 31.2 Å². The van der Waals surface area contributed by atoms with Crippen LogP contribution in [-0.4, -0.2) is 19.8 Å². The molecular weight excluding hydrogens is 262 g/mol. The third-order valence-corrected chi connectivity index (χ3v) is 3.58. The number of methoxy groups -OCH3 is 1. The number of nitrogens with one attached hydrogen (secondary N) is 1. The summed E-state index contributed by atoms with van der Waals surface area (Å²) in [5.41, 5.74) is 3.73. The van der Waals surface area contributed by atoms with Gasteiger partial charge in [-0.15, -0.1) is 0 Å². The van der Waals surface area contributed by atoms with E-state index in [1.54, 1.807) is 7.11 Å². The van der Waals surface area contributed by atoms with E-state index in [1.165, 1.54) is 11.1 Å². The molecule has 3 nitrogen and oxygen atoms in total. The van der Waals surface area contributed by atoms with Gasteiger partial charge in [0.2, 0.25) is 0 Å². The quantitative estimate of drug-likeness (QED) is 0.863. The van der Waals surface area contributed by atoms with E-state index >= 15 is 0 Å². The smallest absolute Gasteiger partial charge is 0.161 e. The van der Waals surface area contributed by atoms with E-state index in [2.05, 4.69) is 37.4 Å². The summed E-state index contributed by atoms with van der Waals surface area (Å²) < 4.78 is 11.2. The lowest BCUT2D eigenvalue weighted by molar-refractivity contribution is 0.223. The molecule has 0 unspecified atom stereocenters. The molecule has 0 heterocycles. The molecule has 0 bridgehead atoms. The lowest BCUT2D eigenvalue weighted by Crippen LogP contribution is -2.23. The molecule has 0 aliphatic rings. The molecule has 1 atom stereocenters. The van der Waals surface area contributed by atoms with Crippen molar-refractivity contribution in [2.75, 3.05) is 19.0 Å². The first-order chi connectivity index (χ1) is 10.1. The molecule has 1 N–H and O–H groups in total. The Balaban J connectivity index is 1.96. The second-order valence-corrected chi connectivity index (χ2v) is 5.21. The molecule has 0 radical (unpaired) electrons. The fraction of sp³-hybridized carbons (Fsp3) is 0.333. The number of hydrogen-bond acceptors (Lipinski definition) is 3. The van der Waals surface area contributed by atoms with Crippen molar-refractivity contribution in [3.63, 3.8) is 0 Å². The number of benzene rings is 2. The van der Waals surface area contributed by atoms with Crippen LogP contribution in [-0.2, 0) is 0 Å². The van der Waals surface area contributed by atoms with Gasteiger partial charge in [0.15, 0.2) is 11.5 Å². The van der Waals surface area contributed by atoms with Crippen molar-refractivity contribution in [2.24, 2.45) is 0 Å². The normalized spacial score (nSPS) is 11.8. The summed E-state index contributed by atoms with van der Waals surface area (Å²) in [5.74, 6) is 1.53. The van der Waals surface area contributed by atoms with E-state index < -0.39 is 0 Å². The lowest BCUT2D eigenvalue weighted by Gasteiger charge is -2.19. The molecule has 0 amide bonds. The molecule has 0 aliphatic heterocycles. The van der Waals surface area contributed by atoms with Gasteiger partial charge in [-0.25, -0.2) is 0 Å². The minimum absolute atomic E-state index is 0.0428. The van der Waals surface area contributed by atoms with E-state index in [0.717, 1.165) is 23.7 Å². The highest BCUT2D eigenvalue weighted by Crippen LogP contribution is 2.27. The van der Waals surface area contributed by atoms with Crippen LogP contribution in [0.3, 0.4) is 0 Å². The van der Waals surface area contributed by atoms with Gasteiger partial charge in [-0.3, -0.25) is 0 Å². The topological polar surface area (TPSA) is 30.5 Å². The van der Waals surface area contributed by atoms with Gasteiger partial charge in [-0.1, -0.05) is 24.3 Å². The zero-order valence-corrected chi connectivity index (χ0v) is 13.1. The van der Waals surface area contributed by atoms with Crippen LogP contribution in [0.4, 0.5) is 5.69 Å². The molecule has 3 heteroatoms. The third-order valence-electron chi connectivity index (χ3n) is 3.58. The Morgan fingerprint density at radius 1 is 1.00 bits per heavy atom. The van der Waals surface area contributed by atoms with Gasteiger partial charge < -0.3 is 14.8 Å². The van der Waals surface area contributed by atoms with Crippen molar-refractivity contribution in [3.05, 3.63) is 53.6 Å². The maximum absolute atomic E-state index is 5.94. The minimum atomic E-state index is 0.0428. The molecule has 112 valence electrons. The van der Waals surface area contributed by atoms with Gasteiger partial charge in [0, 0.05) is 5.69 Å². The number of ether oxygens (including phenoxy) is 2. The van der Waals surface area contributed by atoms with Crippen molar-refractivity contribution in [1.29, 1.82) is 0 Å². The van der Waals surface area contributed by atoms with Gasteiger partial charge in [0.05, 0.1) is 13.7 Å². The maximum Gasteiger partial charge on any atom is 0.161 e. The van der Waals surface area contributed by atoms with Crippen LogP contribution in [0.5, 0.6) is 11.5 Å². The summed E-state index contributed by atoms with van der Waals surface area (Å²) in [6, 6.07) is 14.0. The molecule has 2 aromatic carbocycles. The third kappa shape index (κ3) is 3.91. The van der Waals surface area contributed by atoms with Crippen molar-refractivity contribution in [1.82, 2.24) is 0 Å². The summed E-state index contributed by atoms with van der Waals surface area (Å²) in [6.07, 6.45) is 0.0428. The fourth-order valence-corrected chi connectivity index (χ4v) is 2.17. The Bertz CT molecular complexity index is 596. The van der Waals surface area contributed by atoms with Crippen LogP contribution in [0.15, 0.2) is 42.5 Å². The first-order valence-corrected chi connectivity index (χ1v) is 7.21. The summed E-state index contributed by atoms with van der Waals surface area (Å²) in [6.45, 7) is 7.03. The summed E-state index contributed by atoms with van der Waals surface area (Å²) in [4.78, 5) is 0. The molecule has 0 aromatic heterocycles. The van der Waals surface area contributed by atoms with Crippen LogP contribution in [0.1, 0.15) is 18.1 Å². The van der Waals surface area contributed by atoms with Gasteiger partial charge in [0.1, 0.15) is 6.10 Å². The average molecular weight is 285 g/mol. The maximum atomic E-state index is 5.94. The monoisotopic (exact) mass is 285 g/mol. The predicted octanol–water partition coefficient (Wildman–Crippen LogP) is 4.19. The summed E-state index contributed by atoms with van der Waals surface area (Å²) in [7, 11) is 1.65. The molecule has 0 saturated heterocycles. The van der Waals surface area contributed by atoms with E-state index in [4.69, 9.17) is 9.47 Å². The van der Waals surface area contributed by atoms with Crippen LogP contribution in [0.25, 0.3) is 0 Å². The zero-order valence-electron chi connectivity index (χ0n) is 13.1. The molecule has 21 heavy (non-hydrogen) atoms. The average Bonchev–Trinajstić information content (AvgIpc) is 2.49. The van der Waals surface area contributed by atoms with Gasteiger partial charge in [0.25, 0.3) is 0 Å². The standard InChI is InChI=1S/C18H23NO2/c1-13-8-7-9-16(15(13)3)19-12-14(2)21-18-11-6-5-10-17(18)20-4/h5-11,14,19H,12H2,1-4H3/t14-/m0/s1. The second-order valence-electron chi connectivity index (χ2n) is 5.21. The molecule has 0 saturated carbocycles. The highest BCUT2D eigenvalue weighted by Gasteiger charge is 2.09. The van der Waals surface area contributed by atoms with E-state index in [-0.39, 0.29) is 6.10 Å². The number of rotatable bonds is 6. The molecule has 0 spiro atoms. The Kier molecular flexibility index (Phi) is 5.09. The Morgan fingerprint density at radius 2 is 1.71 bits per heavy atom. The van der Waals surface area contributed by atoms with E-state index in [9.17, 15) is 0 Å². The second kappa shape index (κ2) is 7.02. The van der Waals surface area contributed by atoms with E-state index in [0.29, 0.717) is 0 Å². The summed E-state index contributed by atoms with van der Waals surface area (Å²) in [5, 5.41) is 3.45. The molecule has 0 aliphatic carbocycles. The molecular formula is C18H23NO2. The lowest BCUT2D eigenvalue weighted by atomic mass is 10.1. The van der Waals surface area contributed by atoms with Crippen LogP contribution in [0.2, 0.25) is 0 Å². The fourth-order valence-electron chi connectivity index (χ4n) is 2.17. The van der Waals surface area contributed by atoms with Crippen molar-refractivity contribution < 1.29 is 9.47 Å². The van der Waals surface area contributed by atoms with Crippen LogP contribution in [0, 0.1) is 13.8 Å². The Morgan fingerprint density at radius 3 is 2.43 bits per heavy atom. The Labute approximate surface area is 126 Å². The van der Waals surface area contributed by atoms with Crippen molar-refractivity contribution in [3.8, 4) is 11.5 Å². The molecule has 2 rings (SSSR count). The minimum Gasteiger partial charge on any atom is -0.493 e. The van der Waals surface area contributed by atoms with Crippen LogP contribution < -0.4 is 14.8 Å². The van der Waals surface area contributed by atoms with Crippen LogP contribution >= 0.6 is 0 Å². The highest BCUT2D eigenvalue weighted by atomic mass is 16.5. The van der Waals surface area contributed by atoms with Gasteiger partial charge in [-0.2, -0.15) is 0 Å². The number of hydrogen-bond donors (Lipinski definition) is 1. The van der Waals surface area contributed by atoms with Crippen molar-refractivity contribution >= 4 is 5.69 Å². The number of anilines is 1. The Hall–Kier alpha value is -2.16. The summed E-state index contributed by atoms with van der Waals surface area (Å²) >= 11 is 0. The zero-order chi connectivity index (χ0) is 15.2. The van der Waals surface area contributed by atoms with Gasteiger partial charge in [-0.05, 0) is 50.1 Å². The predicted molar refractivity (Wildman–Crippen MR) is 87.5 cm³/mol. The SMILES string of the molecule is COc1ccccc1O[C@@H](C)CNc1cccc(C)c1C. The largest absolute Gasteiger partial charge is 0.493 e. The first kappa shape index (κ1) is 15.2.